The Bertz CT molecular complexity index is 1150. The third-order valence-corrected chi connectivity index (χ3v) is 14.6. The maximum atomic E-state index is 13.9. The molecule has 5 fully saturated rings. The number of nitrogens with two attached hydrogens (primary N) is 1. The van der Waals surface area contributed by atoms with Crippen molar-refractivity contribution in [3.63, 3.8) is 0 Å². The van der Waals surface area contributed by atoms with E-state index in [-0.39, 0.29) is 58.1 Å². The highest BCUT2D eigenvalue weighted by Crippen LogP contribution is 2.77. The highest BCUT2D eigenvalue weighted by molar-refractivity contribution is 5.84. The van der Waals surface area contributed by atoms with Crippen molar-refractivity contribution in [2.75, 3.05) is 19.7 Å². The number of hydrogen-bond acceptors (Lipinski definition) is 6. The lowest BCUT2D eigenvalue weighted by Gasteiger charge is -2.73. The molecule has 0 aromatic carbocycles. The van der Waals surface area contributed by atoms with Crippen molar-refractivity contribution in [3.8, 4) is 0 Å². The predicted octanol–water partition coefficient (Wildman–Crippen LogP) is 6.19. The smallest absolute Gasteiger partial charge is 0.302 e. The van der Waals surface area contributed by atoms with Crippen LogP contribution in [-0.2, 0) is 23.9 Å². The number of nitrogens with one attached hydrogen (secondary N) is 1. The fraction of sp³-hybridized carbons (Fsp3) is 0.861. The number of carbonyl (C=O) groups excluding carboxylic acids is 3. The predicted molar refractivity (Wildman–Crippen MR) is 168 cm³/mol. The minimum Gasteiger partial charge on any atom is -0.465 e. The molecule has 5 aliphatic rings. The molecule has 0 spiro atoms. The van der Waals surface area contributed by atoms with Crippen molar-refractivity contribution >= 4 is 17.8 Å². The number of esters is 2. The minimum atomic E-state index is -0.428. The maximum Gasteiger partial charge on any atom is 0.302 e. The van der Waals surface area contributed by atoms with Crippen LogP contribution >= 0.6 is 0 Å². The number of fused-ring (bicyclic) bond motifs is 7. The lowest BCUT2D eigenvalue weighted by molar-refractivity contribution is -0.256. The summed E-state index contributed by atoms with van der Waals surface area (Å²) in [7, 11) is 0. The molecule has 7 heteroatoms. The van der Waals surface area contributed by atoms with Gasteiger partial charge in [0.1, 0.15) is 12.7 Å². The molecule has 4 unspecified atom stereocenters. The molecule has 0 bridgehead atoms. The van der Waals surface area contributed by atoms with Crippen LogP contribution in [0.1, 0.15) is 113 Å². The van der Waals surface area contributed by atoms with Crippen molar-refractivity contribution in [2.24, 2.45) is 62.4 Å². The molecule has 7 nitrogen and oxygen atoms in total. The summed E-state index contributed by atoms with van der Waals surface area (Å²) in [5.41, 5.74) is 6.57. The van der Waals surface area contributed by atoms with Crippen molar-refractivity contribution in [1.29, 1.82) is 0 Å². The molecule has 5 saturated carbocycles. The van der Waals surface area contributed by atoms with E-state index in [0.29, 0.717) is 36.8 Å². The number of carbonyl (C=O) groups is 3. The third kappa shape index (κ3) is 4.72. The molecule has 0 aromatic heterocycles. The Hall–Kier alpha value is -1.89. The van der Waals surface area contributed by atoms with Crippen LogP contribution < -0.4 is 11.1 Å². The zero-order valence-corrected chi connectivity index (χ0v) is 28.0. The van der Waals surface area contributed by atoms with E-state index in [2.05, 4.69) is 46.5 Å². The van der Waals surface area contributed by atoms with Crippen molar-refractivity contribution < 1.29 is 23.9 Å². The average molecular weight is 599 g/mol. The molecule has 5 rings (SSSR count). The first-order valence-corrected chi connectivity index (χ1v) is 17.0. The lowest BCUT2D eigenvalue weighted by atomic mass is 9.32. The van der Waals surface area contributed by atoms with Crippen LogP contribution in [0.5, 0.6) is 0 Å². The van der Waals surface area contributed by atoms with Gasteiger partial charge >= 0.3 is 11.9 Å². The second kappa shape index (κ2) is 11.2. The SMILES string of the molecule is C=C(C)[C@@H]1CC[C@]2(C(=O)NCCN)CC[C@]3(C)C(CCC4[C@@]5(C)CC[C@H](OC(C)=O)[C@@](C)(COC(C)=O)C5CC[C@]43C)C12. The Balaban J connectivity index is 1.51. The van der Waals surface area contributed by atoms with Gasteiger partial charge in [0.05, 0.1) is 5.41 Å². The molecular weight excluding hydrogens is 540 g/mol. The molecule has 11 atom stereocenters. The van der Waals surface area contributed by atoms with Gasteiger partial charge in [0, 0.05) is 32.4 Å². The van der Waals surface area contributed by atoms with Gasteiger partial charge in [-0.15, -0.1) is 0 Å². The lowest BCUT2D eigenvalue weighted by Crippen LogP contribution is -2.68. The molecule has 0 heterocycles. The second-order valence-electron chi connectivity index (χ2n) is 16.3. The zero-order chi connectivity index (χ0) is 31.6. The Morgan fingerprint density at radius 1 is 0.837 bits per heavy atom. The highest BCUT2D eigenvalue weighted by atomic mass is 16.6. The van der Waals surface area contributed by atoms with Gasteiger partial charge in [-0.1, -0.05) is 39.8 Å². The Morgan fingerprint density at radius 2 is 1.56 bits per heavy atom. The van der Waals surface area contributed by atoms with Crippen LogP contribution in [0.25, 0.3) is 0 Å². The quantitative estimate of drug-likeness (QED) is 0.267. The molecule has 43 heavy (non-hydrogen) atoms. The van der Waals surface area contributed by atoms with Gasteiger partial charge in [0.2, 0.25) is 5.91 Å². The van der Waals surface area contributed by atoms with Crippen LogP contribution in [0.15, 0.2) is 12.2 Å². The average Bonchev–Trinajstić information content (AvgIpc) is 3.34. The summed E-state index contributed by atoms with van der Waals surface area (Å²) in [4.78, 5) is 38.1. The number of hydrogen-bond donors (Lipinski definition) is 2. The summed E-state index contributed by atoms with van der Waals surface area (Å²) < 4.78 is 11.7. The van der Waals surface area contributed by atoms with Gasteiger partial charge in [0.25, 0.3) is 0 Å². The number of allylic oxidation sites excluding steroid dienone is 1. The Labute approximate surface area is 259 Å². The fourth-order valence-electron chi connectivity index (χ4n) is 12.5. The molecule has 0 aromatic rings. The first-order chi connectivity index (χ1) is 20.1. The molecule has 5 aliphatic carbocycles. The van der Waals surface area contributed by atoms with Crippen LogP contribution in [-0.4, -0.2) is 43.6 Å². The topological polar surface area (TPSA) is 108 Å². The van der Waals surface area contributed by atoms with Gasteiger partial charge < -0.3 is 20.5 Å². The molecule has 242 valence electrons. The standard InChI is InChI=1S/C36H58N2O5/c1-22(2)25-11-16-36(31(41)38-20-19-37)18-17-34(7)26(30(25)36)9-10-28-32(5)14-13-29(43-24(4)40)33(6,21-42-23(3)39)27(32)12-15-35(28,34)8/h25-30H,1,9-21,37H2,2-8H3,(H,38,41)/t25-,26?,27?,28?,29-,30?,32-,33-,34+,35+,36-/m0/s1. The van der Waals surface area contributed by atoms with E-state index in [9.17, 15) is 14.4 Å². The summed E-state index contributed by atoms with van der Waals surface area (Å²) in [5.74, 6) is 1.65. The number of ether oxygens (including phenoxy) is 2. The number of amides is 1. The molecular formula is C36H58N2O5. The number of rotatable bonds is 7. The van der Waals surface area contributed by atoms with Gasteiger partial charge in [-0.3, -0.25) is 14.4 Å². The summed E-state index contributed by atoms with van der Waals surface area (Å²) >= 11 is 0. The van der Waals surface area contributed by atoms with Crippen molar-refractivity contribution in [3.05, 3.63) is 12.2 Å². The van der Waals surface area contributed by atoms with Gasteiger partial charge in [0.15, 0.2) is 0 Å². The molecule has 0 aliphatic heterocycles. The minimum absolute atomic E-state index is 0.0446. The van der Waals surface area contributed by atoms with Gasteiger partial charge in [-0.25, -0.2) is 0 Å². The van der Waals surface area contributed by atoms with Gasteiger partial charge in [-0.2, -0.15) is 0 Å². The molecule has 3 N–H and O–H groups in total. The van der Waals surface area contributed by atoms with E-state index in [1.807, 2.05) is 0 Å². The third-order valence-electron chi connectivity index (χ3n) is 14.6. The molecule has 0 radical (unpaired) electrons. The second-order valence-corrected chi connectivity index (χ2v) is 16.3. The van der Waals surface area contributed by atoms with Crippen molar-refractivity contribution in [1.82, 2.24) is 5.32 Å². The Morgan fingerprint density at radius 3 is 2.19 bits per heavy atom. The van der Waals surface area contributed by atoms with Crippen LogP contribution in [0.3, 0.4) is 0 Å². The normalized spacial score (nSPS) is 46.8. The van der Waals surface area contributed by atoms with Crippen LogP contribution in [0.4, 0.5) is 0 Å². The first-order valence-electron chi connectivity index (χ1n) is 17.0. The summed E-state index contributed by atoms with van der Waals surface area (Å²) in [6, 6.07) is 0. The summed E-state index contributed by atoms with van der Waals surface area (Å²) in [5, 5.41) is 3.22. The summed E-state index contributed by atoms with van der Waals surface area (Å²) in [6.45, 7) is 20.7. The van der Waals surface area contributed by atoms with Crippen LogP contribution in [0, 0.1) is 56.7 Å². The molecule has 0 saturated heterocycles. The van der Waals surface area contributed by atoms with Gasteiger partial charge in [-0.05, 0) is 117 Å². The Kier molecular flexibility index (Phi) is 8.44. The largest absolute Gasteiger partial charge is 0.465 e. The first kappa shape index (κ1) is 32.5. The maximum absolute atomic E-state index is 13.9. The highest BCUT2D eigenvalue weighted by Gasteiger charge is 2.72. The molecule has 1 amide bonds. The van der Waals surface area contributed by atoms with E-state index in [1.165, 1.54) is 19.4 Å². The summed E-state index contributed by atoms with van der Waals surface area (Å²) in [6.07, 6.45) is 9.96. The van der Waals surface area contributed by atoms with E-state index in [4.69, 9.17) is 15.2 Å². The zero-order valence-electron chi connectivity index (χ0n) is 28.0. The fourth-order valence-corrected chi connectivity index (χ4v) is 12.5. The monoisotopic (exact) mass is 598 g/mol. The van der Waals surface area contributed by atoms with E-state index in [0.717, 1.165) is 64.2 Å². The van der Waals surface area contributed by atoms with E-state index in [1.54, 1.807) is 0 Å². The van der Waals surface area contributed by atoms with E-state index < -0.39 is 5.41 Å². The van der Waals surface area contributed by atoms with Crippen molar-refractivity contribution in [2.45, 2.75) is 119 Å². The van der Waals surface area contributed by atoms with E-state index >= 15 is 0 Å². The van der Waals surface area contributed by atoms with Crippen LogP contribution in [0.2, 0.25) is 0 Å².